The van der Waals surface area contributed by atoms with Crippen LogP contribution in [0.2, 0.25) is 5.02 Å². The van der Waals surface area contributed by atoms with E-state index in [4.69, 9.17) is 22.1 Å². The minimum atomic E-state index is 0.569. The fraction of sp³-hybridized carbons (Fsp3) is 0.400. The second-order valence-electron chi connectivity index (χ2n) is 2.79. The van der Waals surface area contributed by atoms with Gasteiger partial charge in [-0.25, -0.2) is 0 Å². The van der Waals surface area contributed by atoms with E-state index in [9.17, 15) is 0 Å². The summed E-state index contributed by atoms with van der Waals surface area (Å²) in [5, 5.41) is 0.759. The highest BCUT2D eigenvalue weighted by Crippen LogP contribution is 2.15. The van der Waals surface area contributed by atoms with Crippen LogP contribution < -0.4 is 5.73 Å². The summed E-state index contributed by atoms with van der Waals surface area (Å²) in [6.07, 6.45) is 0.893. The van der Waals surface area contributed by atoms with E-state index >= 15 is 0 Å². The molecular weight excluding hydrogens is 186 g/mol. The van der Waals surface area contributed by atoms with Crippen LogP contribution in [0.5, 0.6) is 0 Å². The molecule has 2 N–H and O–H groups in total. The zero-order chi connectivity index (χ0) is 9.52. The number of benzene rings is 1. The number of nitrogens with two attached hydrogens (primary N) is 1. The number of hydrogen-bond donors (Lipinski definition) is 1. The molecule has 3 heteroatoms. The molecule has 0 atom stereocenters. The van der Waals surface area contributed by atoms with Gasteiger partial charge in [0.15, 0.2) is 0 Å². The fourth-order valence-electron chi connectivity index (χ4n) is 0.983. The molecule has 0 spiro atoms. The van der Waals surface area contributed by atoms with E-state index in [1.54, 1.807) is 0 Å². The second-order valence-corrected chi connectivity index (χ2v) is 3.19. The summed E-state index contributed by atoms with van der Waals surface area (Å²) in [5.41, 5.74) is 6.36. The van der Waals surface area contributed by atoms with Crippen molar-refractivity contribution in [1.29, 1.82) is 0 Å². The summed E-state index contributed by atoms with van der Waals surface area (Å²) in [6, 6.07) is 7.69. The van der Waals surface area contributed by atoms with Crippen molar-refractivity contribution in [3.05, 3.63) is 34.9 Å². The Morgan fingerprint density at radius 3 is 2.77 bits per heavy atom. The maximum absolute atomic E-state index is 5.93. The maximum atomic E-state index is 5.93. The van der Waals surface area contributed by atoms with Crippen LogP contribution in [0.15, 0.2) is 24.3 Å². The van der Waals surface area contributed by atoms with E-state index in [2.05, 4.69) is 0 Å². The van der Waals surface area contributed by atoms with E-state index in [0.29, 0.717) is 19.8 Å². The molecule has 0 aliphatic heterocycles. The molecule has 1 rings (SSSR count). The molecule has 2 nitrogen and oxygen atoms in total. The van der Waals surface area contributed by atoms with Gasteiger partial charge < -0.3 is 10.5 Å². The Bertz CT molecular complexity index is 252. The molecule has 0 bridgehead atoms. The lowest BCUT2D eigenvalue weighted by atomic mass is 10.2. The van der Waals surface area contributed by atoms with Crippen molar-refractivity contribution in [3.8, 4) is 0 Å². The summed E-state index contributed by atoms with van der Waals surface area (Å²) in [5.74, 6) is 0. The topological polar surface area (TPSA) is 35.2 Å². The maximum Gasteiger partial charge on any atom is 0.0731 e. The quantitative estimate of drug-likeness (QED) is 0.738. The normalized spacial score (nSPS) is 10.3. The van der Waals surface area contributed by atoms with Gasteiger partial charge in [-0.1, -0.05) is 29.8 Å². The Labute approximate surface area is 83.6 Å². The van der Waals surface area contributed by atoms with Crippen molar-refractivity contribution < 1.29 is 4.74 Å². The molecule has 0 radical (unpaired) electrons. The minimum absolute atomic E-state index is 0.569. The van der Waals surface area contributed by atoms with Crippen LogP contribution in [0.1, 0.15) is 12.0 Å². The van der Waals surface area contributed by atoms with Crippen molar-refractivity contribution >= 4 is 11.6 Å². The zero-order valence-corrected chi connectivity index (χ0v) is 8.26. The first-order valence-electron chi connectivity index (χ1n) is 4.36. The first-order chi connectivity index (χ1) is 6.34. The molecule has 0 aliphatic rings. The van der Waals surface area contributed by atoms with Gasteiger partial charge in [-0.05, 0) is 24.6 Å². The Kier molecular flexibility index (Phi) is 4.83. The average Bonchev–Trinajstić information content (AvgIpc) is 2.15. The van der Waals surface area contributed by atoms with E-state index in [1.807, 2.05) is 24.3 Å². The summed E-state index contributed by atoms with van der Waals surface area (Å²) in [4.78, 5) is 0. The highest BCUT2D eigenvalue weighted by Gasteiger charge is 1.97. The summed E-state index contributed by atoms with van der Waals surface area (Å²) in [6.45, 7) is 1.93. The largest absolute Gasteiger partial charge is 0.377 e. The standard InChI is InChI=1S/C10H14ClNO/c11-10-5-2-1-4-9(10)8-13-7-3-6-12/h1-2,4-5H,3,6-8,12H2. The molecule has 13 heavy (non-hydrogen) atoms. The Balaban J connectivity index is 2.32. The number of rotatable bonds is 5. The second kappa shape index (κ2) is 5.97. The van der Waals surface area contributed by atoms with Gasteiger partial charge in [-0.2, -0.15) is 0 Å². The third-order valence-electron chi connectivity index (χ3n) is 1.71. The highest BCUT2D eigenvalue weighted by atomic mass is 35.5. The lowest BCUT2D eigenvalue weighted by Gasteiger charge is -2.04. The zero-order valence-electron chi connectivity index (χ0n) is 7.50. The van der Waals surface area contributed by atoms with Crippen LogP contribution in [-0.4, -0.2) is 13.2 Å². The minimum Gasteiger partial charge on any atom is -0.377 e. The van der Waals surface area contributed by atoms with Gasteiger partial charge in [0.25, 0.3) is 0 Å². The van der Waals surface area contributed by atoms with Gasteiger partial charge in [-0.3, -0.25) is 0 Å². The number of ether oxygens (including phenoxy) is 1. The van der Waals surface area contributed by atoms with Gasteiger partial charge in [0.05, 0.1) is 6.61 Å². The van der Waals surface area contributed by atoms with Gasteiger partial charge in [0.2, 0.25) is 0 Å². The number of hydrogen-bond acceptors (Lipinski definition) is 2. The Morgan fingerprint density at radius 2 is 2.08 bits per heavy atom. The molecule has 0 fully saturated rings. The van der Waals surface area contributed by atoms with Crippen molar-refractivity contribution in [2.75, 3.05) is 13.2 Å². The van der Waals surface area contributed by atoms with Gasteiger partial charge in [0.1, 0.15) is 0 Å². The molecule has 0 saturated heterocycles. The van der Waals surface area contributed by atoms with Crippen molar-refractivity contribution in [2.24, 2.45) is 5.73 Å². The number of halogens is 1. The van der Waals surface area contributed by atoms with Gasteiger partial charge in [0, 0.05) is 11.6 Å². The molecular formula is C10H14ClNO. The third kappa shape index (κ3) is 3.77. The lowest BCUT2D eigenvalue weighted by molar-refractivity contribution is 0.120. The van der Waals surface area contributed by atoms with E-state index < -0.39 is 0 Å². The monoisotopic (exact) mass is 199 g/mol. The van der Waals surface area contributed by atoms with E-state index in [-0.39, 0.29) is 0 Å². The smallest absolute Gasteiger partial charge is 0.0731 e. The van der Waals surface area contributed by atoms with Crippen LogP contribution in [0.4, 0.5) is 0 Å². The molecule has 0 aliphatic carbocycles. The third-order valence-corrected chi connectivity index (χ3v) is 2.08. The highest BCUT2D eigenvalue weighted by molar-refractivity contribution is 6.31. The lowest BCUT2D eigenvalue weighted by Crippen LogP contribution is -2.04. The molecule has 1 aromatic rings. The van der Waals surface area contributed by atoms with Crippen LogP contribution in [0.3, 0.4) is 0 Å². The van der Waals surface area contributed by atoms with Crippen LogP contribution >= 0.6 is 11.6 Å². The van der Waals surface area contributed by atoms with E-state index in [1.165, 1.54) is 0 Å². The fourth-order valence-corrected chi connectivity index (χ4v) is 1.17. The first-order valence-corrected chi connectivity index (χ1v) is 4.73. The molecule has 0 saturated carbocycles. The summed E-state index contributed by atoms with van der Waals surface area (Å²) >= 11 is 5.93. The molecule has 0 amide bonds. The SMILES string of the molecule is NCCCOCc1ccccc1Cl. The molecule has 72 valence electrons. The van der Waals surface area contributed by atoms with Gasteiger partial charge in [-0.15, -0.1) is 0 Å². The summed E-state index contributed by atoms with van der Waals surface area (Å²) in [7, 11) is 0. The van der Waals surface area contributed by atoms with Crippen molar-refractivity contribution in [3.63, 3.8) is 0 Å². The summed E-state index contributed by atoms with van der Waals surface area (Å²) < 4.78 is 5.38. The van der Waals surface area contributed by atoms with Crippen LogP contribution in [-0.2, 0) is 11.3 Å². The Hall–Kier alpha value is -0.570. The molecule has 0 aromatic heterocycles. The van der Waals surface area contributed by atoms with Crippen LogP contribution in [0.25, 0.3) is 0 Å². The van der Waals surface area contributed by atoms with Crippen molar-refractivity contribution in [1.82, 2.24) is 0 Å². The average molecular weight is 200 g/mol. The molecule has 0 heterocycles. The van der Waals surface area contributed by atoms with Crippen molar-refractivity contribution in [2.45, 2.75) is 13.0 Å². The Morgan fingerprint density at radius 1 is 1.31 bits per heavy atom. The predicted molar refractivity (Wildman–Crippen MR) is 54.8 cm³/mol. The molecule has 1 aromatic carbocycles. The first kappa shape index (κ1) is 10.5. The van der Waals surface area contributed by atoms with E-state index in [0.717, 1.165) is 17.0 Å². The molecule has 0 unspecified atom stereocenters. The predicted octanol–water partition coefficient (Wildman–Crippen LogP) is 2.21. The van der Waals surface area contributed by atoms with Gasteiger partial charge >= 0.3 is 0 Å². The van der Waals surface area contributed by atoms with Crippen LogP contribution in [0, 0.1) is 0 Å².